The lowest BCUT2D eigenvalue weighted by Crippen LogP contribution is -2.39. The van der Waals surface area contributed by atoms with Crippen LogP contribution in [-0.2, 0) is 17.7 Å². The highest BCUT2D eigenvalue weighted by Gasteiger charge is 2.25. The number of nitrogens with one attached hydrogen (secondary N) is 1. The molecule has 2 heterocycles. The Morgan fingerprint density at radius 1 is 1.36 bits per heavy atom. The number of phenolic OH excluding ortho intramolecular Hbond substituents is 1. The van der Waals surface area contributed by atoms with Gasteiger partial charge in [0.15, 0.2) is 0 Å². The number of piperidine rings is 1. The fourth-order valence-electron chi connectivity index (χ4n) is 3.52. The Balaban J connectivity index is 1.64. The van der Waals surface area contributed by atoms with Crippen LogP contribution in [0.1, 0.15) is 47.3 Å². The van der Waals surface area contributed by atoms with Crippen molar-refractivity contribution in [2.45, 2.75) is 44.7 Å². The first-order chi connectivity index (χ1) is 12.2. The minimum atomic E-state index is -0.370. The van der Waals surface area contributed by atoms with E-state index in [0.29, 0.717) is 24.0 Å². The topological polar surface area (TPSA) is 78.5 Å². The first-order valence-electron chi connectivity index (χ1n) is 8.80. The van der Waals surface area contributed by atoms with Gasteiger partial charge in [0.25, 0.3) is 0 Å². The highest BCUT2D eigenvalue weighted by atomic mass is 16.5. The van der Waals surface area contributed by atoms with E-state index in [4.69, 9.17) is 4.74 Å². The number of H-pyrrole nitrogens is 1. The van der Waals surface area contributed by atoms with Gasteiger partial charge < -0.3 is 9.84 Å². The summed E-state index contributed by atoms with van der Waals surface area (Å²) in [6.07, 6.45) is 7.36. The van der Waals surface area contributed by atoms with E-state index in [2.05, 4.69) is 15.1 Å². The van der Waals surface area contributed by atoms with Crippen LogP contribution in [-0.4, -0.2) is 45.9 Å². The van der Waals surface area contributed by atoms with Crippen molar-refractivity contribution in [2.24, 2.45) is 0 Å². The fourth-order valence-corrected chi connectivity index (χ4v) is 3.52. The predicted octanol–water partition coefficient (Wildman–Crippen LogP) is 2.89. The van der Waals surface area contributed by atoms with Crippen LogP contribution in [0.3, 0.4) is 0 Å². The first kappa shape index (κ1) is 17.5. The first-order valence-corrected chi connectivity index (χ1v) is 8.80. The number of esters is 1. The van der Waals surface area contributed by atoms with Gasteiger partial charge in [0, 0.05) is 18.2 Å². The number of aryl methyl sites for hydroxylation is 1. The number of nitrogens with zero attached hydrogens (tertiary/aromatic N) is 2. The molecule has 1 aliphatic rings. The molecule has 1 unspecified atom stereocenters. The Labute approximate surface area is 147 Å². The van der Waals surface area contributed by atoms with Crippen molar-refractivity contribution in [3.05, 3.63) is 47.3 Å². The summed E-state index contributed by atoms with van der Waals surface area (Å²) in [4.78, 5) is 14.3. The quantitative estimate of drug-likeness (QED) is 0.789. The Hall–Kier alpha value is -2.34. The van der Waals surface area contributed by atoms with E-state index in [1.807, 2.05) is 12.1 Å². The second-order valence-electron chi connectivity index (χ2n) is 6.59. The third kappa shape index (κ3) is 4.39. The number of aromatic amines is 1. The number of aromatic hydroxyl groups is 1. The van der Waals surface area contributed by atoms with E-state index in [0.717, 1.165) is 24.9 Å². The molecule has 0 saturated carbocycles. The zero-order valence-electron chi connectivity index (χ0n) is 14.6. The van der Waals surface area contributed by atoms with E-state index in [1.54, 1.807) is 18.3 Å². The number of ether oxygens (including phenoxy) is 1. The summed E-state index contributed by atoms with van der Waals surface area (Å²) in [6, 6.07) is 7.93. The molecule has 0 aliphatic carbocycles. The summed E-state index contributed by atoms with van der Waals surface area (Å²) in [5.41, 5.74) is 2.58. The van der Waals surface area contributed by atoms with Crippen LogP contribution in [0.2, 0.25) is 0 Å². The van der Waals surface area contributed by atoms with Gasteiger partial charge in [0.05, 0.1) is 13.3 Å². The van der Waals surface area contributed by atoms with Gasteiger partial charge in [-0.3, -0.25) is 10.00 Å². The van der Waals surface area contributed by atoms with Gasteiger partial charge in [-0.25, -0.2) is 4.79 Å². The molecule has 0 amide bonds. The fraction of sp³-hybridized carbons (Fsp3) is 0.474. The van der Waals surface area contributed by atoms with Gasteiger partial charge in [0.2, 0.25) is 0 Å². The normalized spacial score (nSPS) is 18.2. The molecule has 134 valence electrons. The van der Waals surface area contributed by atoms with Gasteiger partial charge in [0.1, 0.15) is 11.4 Å². The highest BCUT2D eigenvalue weighted by molar-refractivity contribution is 5.88. The average Bonchev–Trinajstić information content (AvgIpc) is 3.10. The van der Waals surface area contributed by atoms with E-state index < -0.39 is 0 Å². The van der Waals surface area contributed by atoms with Crippen molar-refractivity contribution >= 4 is 5.97 Å². The summed E-state index contributed by atoms with van der Waals surface area (Å²) >= 11 is 0. The number of hydrogen-bond donors (Lipinski definition) is 2. The number of benzene rings is 1. The molecule has 1 aromatic heterocycles. The maximum Gasteiger partial charge on any atom is 0.356 e. The molecule has 1 saturated heterocycles. The molecule has 2 aromatic rings. The van der Waals surface area contributed by atoms with E-state index in [9.17, 15) is 9.90 Å². The molecule has 1 aliphatic heterocycles. The Kier molecular flexibility index (Phi) is 5.71. The molecule has 25 heavy (non-hydrogen) atoms. The molecule has 6 nitrogen and oxygen atoms in total. The Bertz CT molecular complexity index is 696. The molecule has 1 atom stereocenters. The molecule has 3 rings (SSSR count). The summed E-state index contributed by atoms with van der Waals surface area (Å²) in [7, 11) is 1.38. The summed E-state index contributed by atoms with van der Waals surface area (Å²) in [6.45, 7) is 1.74. The largest absolute Gasteiger partial charge is 0.508 e. The average molecular weight is 343 g/mol. The van der Waals surface area contributed by atoms with E-state index in [-0.39, 0.29) is 5.97 Å². The maximum atomic E-state index is 11.8. The zero-order chi connectivity index (χ0) is 17.6. The smallest absolute Gasteiger partial charge is 0.356 e. The second kappa shape index (κ2) is 8.16. The van der Waals surface area contributed by atoms with Gasteiger partial charge in [-0.15, -0.1) is 0 Å². The minimum Gasteiger partial charge on any atom is -0.508 e. The minimum absolute atomic E-state index is 0.304. The maximum absolute atomic E-state index is 11.8. The molecular weight excluding hydrogens is 318 g/mol. The summed E-state index contributed by atoms with van der Waals surface area (Å²) in [5, 5.41) is 16.2. The predicted molar refractivity (Wildman–Crippen MR) is 94.4 cm³/mol. The molecular formula is C19H25N3O3. The Morgan fingerprint density at radius 3 is 2.92 bits per heavy atom. The lowest BCUT2D eigenvalue weighted by molar-refractivity contribution is 0.0589. The molecule has 6 heteroatoms. The molecule has 0 spiro atoms. The van der Waals surface area contributed by atoms with Crippen LogP contribution in [0.5, 0.6) is 5.75 Å². The number of rotatable bonds is 6. The molecule has 1 fully saturated rings. The lowest BCUT2D eigenvalue weighted by atomic mass is 9.95. The third-order valence-electron chi connectivity index (χ3n) is 4.93. The highest BCUT2D eigenvalue weighted by Crippen LogP contribution is 2.24. The van der Waals surface area contributed by atoms with Gasteiger partial charge in [-0.1, -0.05) is 18.6 Å². The molecule has 1 aromatic carbocycles. The van der Waals surface area contributed by atoms with Gasteiger partial charge in [-0.2, -0.15) is 5.10 Å². The third-order valence-corrected chi connectivity index (χ3v) is 4.93. The zero-order valence-corrected chi connectivity index (χ0v) is 14.6. The van der Waals surface area contributed by atoms with Crippen LogP contribution in [0, 0.1) is 0 Å². The standard InChI is InChI=1S/C19H25N3O3/c1-25-19(24)18-15(12-20-21-18)13-22-11-3-2-4-16(22)8-5-14-6-9-17(23)10-7-14/h6-7,9-10,12,16,23H,2-5,8,11,13H2,1H3,(H,20,21). The molecule has 0 radical (unpaired) electrons. The number of phenols is 1. The van der Waals surface area contributed by atoms with Crippen LogP contribution < -0.4 is 0 Å². The monoisotopic (exact) mass is 343 g/mol. The number of hydrogen-bond acceptors (Lipinski definition) is 5. The van der Waals surface area contributed by atoms with Gasteiger partial charge in [-0.05, 0) is 49.9 Å². The van der Waals surface area contributed by atoms with Crippen molar-refractivity contribution in [1.29, 1.82) is 0 Å². The van der Waals surface area contributed by atoms with Crippen molar-refractivity contribution in [3.63, 3.8) is 0 Å². The number of likely N-dealkylation sites (tertiary alicyclic amines) is 1. The van der Waals surface area contributed by atoms with Crippen LogP contribution in [0.25, 0.3) is 0 Å². The number of methoxy groups -OCH3 is 1. The molecule has 0 bridgehead atoms. The summed E-state index contributed by atoms with van der Waals surface area (Å²) < 4.78 is 4.82. The van der Waals surface area contributed by atoms with E-state index >= 15 is 0 Å². The van der Waals surface area contributed by atoms with Crippen molar-refractivity contribution < 1.29 is 14.6 Å². The van der Waals surface area contributed by atoms with Crippen molar-refractivity contribution in [3.8, 4) is 5.75 Å². The van der Waals surface area contributed by atoms with Crippen LogP contribution in [0.15, 0.2) is 30.5 Å². The molecule has 2 N–H and O–H groups in total. The van der Waals surface area contributed by atoms with Crippen LogP contribution >= 0.6 is 0 Å². The second-order valence-corrected chi connectivity index (χ2v) is 6.59. The summed E-state index contributed by atoms with van der Waals surface area (Å²) in [5.74, 6) is -0.0662. The van der Waals surface area contributed by atoms with Crippen molar-refractivity contribution in [2.75, 3.05) is 13.7 Å². The van der Waals surface area contributed by atoms with Crippen LogP contribution in [0.4, 0.5) is 0 Å². The lowest BCUT2D eigenvalue weighted by Gasteiger charge is -2.35. The van der Waals surface area contributed by atoms with Gasteiger partial charge >= 0.3 is 5.97 Å². The number of aromatic nitrogens is 2. The number of carbonyl (C=O) groups excluding carboxylic acids is 1. The SMILES string of the molecule is COC(=O)c1[nH]ncc1CN1CCCCC1CCc1ccc(O)cc1. The number of carbonyl (C=O) groups is 1. The Morgan fingerprint density at radius 2 is 2.16 bits per heavy atom. The van der Waals surface area contributed by atoms with E-state index in [1.165, 1.54) is 31.9 Å². The van der Waals surface area contributed by atoms with Crippen molar-refractivity contribution in [1.82, 2.24) is 15.1 Å².